The second-order valence-electron chi connectivity index (χ2n) is 4.45. The molecular formula is C14H24N2O. The van der Waals surface area contributed by atoms with E-state index in [1.165, 1.54) is 5.56 Å². The Bertz CT molecular complexity index is 348. The molecule has 0 bridgehead atoms. The summed E-state index contributed by atoms with van der Waals surface area (Å²) in [6.45, 7) is 6.46. The van der Waals surface area contributed by atoms with Crippen molar-refractivity contribution >= 4 is 0 Å². The molecule has 0 aliphatic heterocycles. The molecule has 96 valence electrons. The fourth-order valence-electron chi connectivity index (χ4n) is 2.36. The third-order valence-electron chi connectivity index (χ3n) is 3.48. The number of nitrogens with one attached hydrogen (secondary N) is 1. The van der Waals surface area contributed by atoms with Crippen molar-refractivity contribution in [3.05, 3.63) is 29.3 Å². The molecule has 1 unspecified atom stereocenters. The van der Waals surface area contributed by atoms with E-state index in [9.17, 15) is 0 Å². The van der Waals surface area contributed by atoms with Gasteiger partial charge >= 0.3 is 0 Å². The van der Waals surface area contributed by atoms with E-state index in [1.807, 2.05) is 6.07 Å². The molecule has 0 spiro atoms. The molecule has 0 aromatic heterocycles. The van der Waals surface area contributed by atoms with Crippen molar-refractivity contribution in [1.82, 2.24) is 5.43 Å². The van der Waals surface area contributed by atoms with E-state index in [1.54, 1.807) is 7.11 Å². The monoisotopic (exact) mass is 236 g/mol. The fourth-order valence-corrected chi connectivity index (χ4v) is 2.36. The summed E-state index contributed by atoms with van der Waals surface area (Å²) in [5.74, 6) is 7.18. The highest BCUT2D eigenvalue weighted by Gasteiger charge is 2.19. The van der Waals surface area contributed by atoms with Crippen LogP contribution >= 0.6 is 0 Å². The van der Waals surface area contributed by atoms with Gasteiger partial charge in [-0.3, -0.25) is 11.3 Å². The highest BCUT2D eigenvalue weighted by Crippen LogP contribution is 2.29. The molecule has 0 amide bonds. The quantitative estimate of drug-likeness (QED) is 0.589. The summed E-state index contributed by atoms with van der Waals surface area (Å²) in [4.78, 5) is 0. The van der Waals surface area contributed by atoms with Crippen LogP contribution in [0.25, 0.3) is 0 Å². The molecule has 1 aromatic rings. The summed E-state index contributed by atoms with van der Waals surface area (Å²) in [6.07, 6.45) is 2.24. The largest absolute Gasteiger partial charge is 0.496 e. The van der Waals surface area contributed by atoms with Gasteiger partial charge in [-0.1, -0.05) is 38.8 Å². The Hall–Kier alpha value is -1.06. The van der Waals surface area contributed by atoms with Crippen LogP contribution < -0.4 is 16.0 Å². The first-order chi connectivity index (χ1) is 8.17. The fraction of sp³-hybridized carbons (Fsp3) is 0.571. The Morgan fingerprint density at radius 2 is 1.94 bits per heavy atom. The van der Waals surface area contributed by atoms with Gasteiger partial charge < -0.3 is 4.74 Å². The Morgan fingerprint density at radius 3 is 2.35 bits per heavy atom. The maximum atomic E-state index is 5.70. The zero-order valence-corrected chi connectivity index (χ0v) is 11.3. The van der Waals surface area contributed by atoms with Crippen LogP contribution in [0.3, 0.4) is 0 Å². The number of hydrogen-bond acceptors (Lipinski definition) is 3. The van der Waals surface area contributed by atoms with Crippen molar-refractivity contribution in [3.63, 3.8) is 0 Å². The van der Waals surface area contributed by atoms with Crippen molar-refractivity contribution < 1.29 is 4.74 Å². The van der Waals surface area contributed by atoms with Crippen LogP contribution in [0.1, 0.15) is 43.9 Å². The molecule has 1 atom stereocenters. The van der Waals surface area contributed by atoms with Crippen molar-refractivity contribution in [2.45, 2.75) is 39.7 Å². The van der Waals surface area contributed by atoms with Crippen LogP contribution in [0.15, 0.2) is 18.2 Å². The van der Waals surface area contributed by atoms with E-state index in [-0.39, 0.29) is 6.04 Å². The predicted octanol–water partition coefficient (Wildman–Crippen LogP) is 2.94. The summed E-state index contributed by atoms with van der Waals surface area (Å²) in [6, 6.07) is 6.47. The van der Waals surface area contributed by atoms with Gasteiger partial charge in [-0.2, -0.15) is 0 Å². The smallest absolute Gasteiger partial charge is 0.121 e. The molecule has 0 fully saturated rings. The Kier molecular flexibility index (Phi) is 5.45. The second kappa shape index (κ2) is 6.62. The summed E-state index contributed by atoms with van der Waals surface area (Å²) < 4.78 is 5.27. The molecule has 0 saturated heterocycles. The normalized spacial score (nSPS) is 12.8. The molecule has 0 aliphatic carbocycles. The molecule has 3 nitrogen and oxygen atoms in total. The van der Waals surface area contributed by atoms with E-state index in [0.29, 0.717) is 5.92 Å². The molecule has 0 aliphatic rings. The number of benzene rings is 1. The van der Waals surface area contributed by atoms with Gasteiger partial charge in [0, 0.05) is 6.04 Å². The van der Waals surface area contributed by atoms with Gasteiger partial charge in [0.15, 0.2) is 0 Å². The van der Waals surface area contributed by atoms with Gasteiger partial charge in [0.25, 0.3) is 0 Å². The number of rotatable bonds is 6. The van der Waals surface area contributed by atoms with Gasteiger partial charge in [-0.15, -0.1) is 0 Å². The maximum Gasteiger partial charge on any atom is 0.121 e. The molecule has 1 rings (SSSR count). The van der Waals surface area contributed by atoms with Crippen LogP contribution in [0.4, 0.5) is 0 Å². The van der Waals surface area contributed by atoms with E-state index in [0.717, 1.165) is 24.2 Å². The molecule has 0 heterocycles. The SMILES string of the molecule is CCC(CC)C(NN)c1ccc(OC)c(C)c1. The van der Waals surface area contributed by atoms with Gasteiger partial charge in [-0.05, 0) is 30.0 Å². The number of hydrazine groups is 1. The highest BCUT2D eigenvalue weighted by atomic mass is 16.5. The molecule has 0 radical (unpaired) electrons. The summed E-state index contributed by atoms with van der Waals surface area (Å²) in [7, 11) is 1.70. The van der Waals surface area contributed by atoms with E-state index < -0.39 is 0 Å². The van der Waals surface area contributed by atoms with E-state index in [4.69, 9.17) is 10.6 Å². The molecular weight excluding hydrogens is 212 g/mol. The van der Waals surface area contributed by atoms with Crippen LogP contribution in [-0.2, 0) is 0 Å². The van der Waals surface area contributed by atoms with E-state index in [2.05, 4.69) is 38.3 Å². The third-order valence-corrected chi connectivity index (χ3v) is 3.48. The van der Waals surface area contributed by atoms with E-state index >= 15 is 0 Å². The van der Waals surface area contributed by atoms with Crippen LogP contribution in [0, 0.1) is 12.8 Å². The average molecular weight is 236 g/mol. The number of ether oxygens (including phenoxy) is 1. The van der Waals surface area contributed by atoms with Crippen molar-refractivity contribution in [1.29, 1.82) is 0 Å². The molecule has 3 N–H and O–H groups in total. The summed E-state index contributed by atoms with van der Waals surface area (Å²) in [5.41, 5.74) is 5.33. The van der Waals surface area contributed by atoms with Crippen molar-refractivity contribution in [2.24, 2.45) is 11.8 Å². The minimum atomic E-state index is 0.217. The lowest BCUT2D eigenvalue weighted by atomic mass is 9.88. The zero-order chi connectivity index (χ0) is 12.8. The average Bonchev–Trinajstić information content (AvgIpc) is 2.35. The predicted molar refractivity (Wildman–Crippen MR) is 71.9 cm³/mol. The maximum absolute atomic E-state index is 5.70. The standard InChI is InChI=1S/C14H24N2O/c1-5-11(6-2)14(16-15)12-7-8-13(17-4)10(3)9-12/h7-9,11,14,16H,5-6,15H2,1-4H3. The minimum absolute atomic E-state index is 0.217. The van der Waals surface area contributed by atoms with Crippen LogP contribution in [0.5, 0.6) is 5.75 Å². The number of hydrogen-bond donors (Lipinski definition) is 2. The van der Waals surface area contributed by atoms with Crippen molar-refractivity contribution in [3.8, 4) is 5.75 Å². The molecule has 1 aromatic carbocycles. The molecule has 3 heteroatoms. The summed E-state index contributed by atoms with van der Waals surface area (Å²) >= 11 is 0. The lowest BCUT2D eigenvalue weighted by Crippen LogP contribution is -2.33. The first kappa shape index (κ1) is 14.0. The number of methoxy groups -OCH3 is 1. The lowest BCUT2D eigenvalue weighted by molar-refractivity contribution is 0.344. The minimum Gasteiger partial charge on any atom is -0.496 e. The molecule has 17 heavy (non-hydrogen) atoms. The zero-order valence-electron chi connectivity index (χ0n) is 11.3. The van der Waals surface area contributed by atoms with Crippen LogP contribution in [0.2, 0.25) is 0 Å². The number of nitrogens with two attached hydrogens (primary N) is 1. The van der Waals surface area contributed by atoms with Gasteiger partial charge in [0.2, 0.25) is 0 Å². The Labute approximate surface area is 104 Å². The first-order valence-electron chi connectivity index (χ1n) is 6.28. The highest BCUT2D eigenvalue weighted by molar-refractivity contribution is 5.37. The van der Waals surface area contributed by atoms with Gasteiger partial charge in [0.1, 0.15) is 5.75 Å². The summed E-state index contributed by atoms with van der Waals surface area (Å²) in [5, 5.41) is 0. The molecule has 0 saturated carbocycles. The topological polar surface area (TPSA) is 47.3 Å². The number of aryl methyl sites for hydroxylation is 1. The first-order valence-corrected chi connectivity index (χ1v) is 6.28. The second-order valence-corrected chi connectivity index (χ2v) is 4.45. The van der Waals surface area contributed by atoms with Crippen molar-refractivity contribution in [2.75, 3.05) is 7.11 Å². The lowest BCUT2D eigenvalue weighted by Gasteiger charge is -2.25. The van der Waals surface area contributed by atoms with Gasteiger partial charge in [-0.25, -0.2) is 0 Å². The Balaban J connectivity index is 3.00. The van der Waals surface area contributed by atoms with Crippen LogP contribution in [-0.4, -0.2) is 7.11 Å². The van der Waals surface area contributed by atoms with Gasteiger partial charge in [0.05, 0.1) is 7.11 Å². The third kappa shape index (κ3) is 3.20. The Morgan fingerprint density at radius 1 is 1.29 bits per heavy atom.